The van der Waals surface area contributed by atoms with E-state index < -0.39 is 0 Å². The van der Waals surface area contributed by atoms with Gasteiger partial charge in [0.1, 0.15) is 11.8 Å². The van der Waals surface area contributed by atoms with Gasteiger partial charge in [-0.15, -0.1) is 0 Å². The molecule has 0 aromatic heterocycles. The Morgan fingerprint density at radius 3 is 2.63 bits per heavy atom. The van der Waals surface area contributed by atoms with Crippen molar-refractivity contribution in [1.82, 2.24) is 4.90 Å². The number of rotatable bonds is 4. The number of nitrogens with zero attached hydrogens (tertiary/aromatic N) is 2. The van der Waals surface area contributed by atoms with Crippen molar-refractivity contribution in [2.75, 3.05) is 19.7 Å². The van der Waals surface area contributed by atoms with Crippen LogP contribution in [0.2, 0.25) is 0 Å². The lowest BCUT2D eigenvalue weighted by Gasteiger charge is -2.25. The Labute approximate surface area is 115 Å². The zero-order chi connectivity index (χ0) is 13.5. The van der Waals surface area contributed by atoms with Crippen LogP contribution in [0.4, 0.5) is 0 Å². The number of nitriles is 1. The van der Waals surface area contributed by atoms with E-state index in [-0.39, 0.29) is 6.04 Å². The molecule has 0 radical (unpaired) electrons. The minimum Gasteiger partial charge on any atom is -0.494 e. The lowest BCUT2D eigenvalue weighted by atomic mass is 10.1. The Hall–Kier alpha value is -1.53. The third-order valence-corrected chi connectivity index (χ3v) is 3.61. The van der Waals surface area contributed by atoms with Crippen LogP contribution in [0.3, 0.4) is 0 Å². The summed E-state index contributed by atoms with van der Waals surface area (Å²) in [6, 6.07) is 10.3. The molecule has 1 aromatic carbocycles. The fourth-order valence-electron chi connectivity index (χ4n) is 2.66. The molecule has 102 valence electrons. The summed E-state index contributed by atoms with van der Waals surface area (Å²) in [6.45, 7) is 4.68. The normalized spacial score (nSPS) is 18.3. The third-order valence-electron chi connectivity index (χ3n) is 3.61. The Morgan fingerprint density at radius 2 is 2.00 bits per heavy atom. The fourth-order valence-corrected chi connectivity index (χ4v) is 2.66. The number of ether oxygens (including phenoxy) is 1. The minimum absolute atomic E-state index is 0.140. The first-order valence-corrected chi connectivity index (χ1v) is 7.21. The van der Waals surface area contributed by atoms with Crippen LogP contribution in [0.1, 0.15) is 44.2 Å². The molecule has 0 N–H and O–H groups in total. The lowest BCUT2D eigenvalue weighted by molar-refractivity contribution is 0.245. The topological polar surface area (TPSA) is 36.3 Å². The van der Waals surface area contributed by atoms with Gasteiger partial charge in [0.15, 0.2) is 0 Å². The van der Waals surface area contributed by atoms with Gasteiger partial charge in [-0.2, -0.15) is 5.26 Å². The minimum atomic E-state index is -0.140. The summed E-state index contributed by atoms with van der Waals surface area (Å²) >= 11 is 0. The fraction of sp³-hybridized carbons (Fsp3) is 0.562. The van der Waals surface area contributed by atoms with Gasteiger partial charge in [-0.05, 0) is 50.6 Å². The van der Waals surface area contributed by atoms with Crippen LogP contribution in [0.15, 0.2) is 24.3 Å². The van der Waals surface area contributed by atoms with Crippen LogP contribution in [-0.4, -0.2) is 24.6 Å². The molecule has 0 spiro atoms. The average molecular weight is 258 g/mol. The van der Waals surface area contributed by atoms with Gasteiger partial charge in [0, 0.05) is 0 Å². The molecule has 1 fully saturated rings. The summed E-state index contributed by atoms with van der Waals surface area (Å²) in [7, 11) is 0. The van der Waals surface area contributed by atoms with Gasteiger partial charge in [0.2, 0.25) is 0 Å². The smallest absolute Gasteiger partial charge is 0.123 e. The van der Waals surface area contributed by atoms with Crippen LogP contribution in [-0.2, 0) is 0 Å². The first-order valence-electron chi connectivity index (χ1n) is 7.21. The first kappa shape index (κ1) is 13.9. The molecule has 0 saturated carbocycles. The summed E-state index contributed by atoms with van der Waals surface area (Å²) in [5.41, 5.74) is 1.05. The van der Waals surface area contributed by atoms with Gasteiger partial charge < -0.3 is 4.74 Å². The van der Waals surface area contributed by atoms with Crippen LogP contribution < -0.4 is 4.74 Å². The van der Waals surface area contributed by atoms with E-state index >= 15 is 0 Å². The maximum absolute atomic E-state index is 9.51. The molecule has 1 atom stereocenters. The van der Waals surface area contributed by atoms with Crippen molar-refractivity contribution in [2.24, 2.45) is 0 Å². The summed E-state index contributed by atoms with van der Waals surface area (Å²) in [5.74, 6) is 0.857. The van der Waals surface area contributed by atoms with Crippen LogP contribution in [0.5, 0.6) is 5.75 Å². The van der Waals surface area contributed by atoms with Crippen molar-refractivity contribution in [3.05, 3.63) is 29.8 Å². The number of likely N-dealkylation sites (tertiary alicyclic amines) is 1. The van der Waals surface area contributed by atoms with Gasteiger partial charge in [-0.3, -0.25) is 4.90 Å². The molecule has 3 nitrogen and oxygen atoms in total. The van der Waals surface area contributed by atoms with E-state index in [2.05, 4.69) is 11.0 Å². The Morgan fingerprint density at radius 1 is 1.26 bits per heavy atom. The molecule has 3 heteroatoms. The molecule has 1 unspecified atom stereocenters. The molecule has 0 bridgehead atoms. The van der Waals surface area contributed by atoms with Gasteiger partial charge in [-0.1, -0.05) is 25.0 Å². The molecular weight excluding hydrogens is 236 g/mol. The van der Waals surface area contributed by atoms with E-state index in [4.69, 9.17) is 4.74 Å². The molecule has 1 aliphatic heterocycles. The van der Waals surface area contributed by atoms with Crippen molar-refractivity contribution in [3.8, 4) is 11.8 Å². The molecule has 1 aromatic rings. The molecular formula is C16H22N2O. The van der Waals surface area contributed by atoms with E-state index in [0.29, 0.717) is 6.61 Å². The summed E-state index contributed by atoms with van der Waals surface area (Å²) in [4.78, 5) is 2.30. The van der Waals surface area contributed by atoms with Crippen LogP contribution >= 0.6 is 0 Å². The predicted molar refractivity (Wildman–Crippen MR) is 76.0 cm³/mol. The molecule has 1 heterocycles. The van der Waals surface area contributed by atoms with Crippen molar-refractivity contribution in [3.63, 3.8) is 0 Å². The quantitative estimate of drug-likeness (QED) is 0.829. The van der Waals surface area contributed by atoms with Gasteiger partial charge in [-0.25, -0.2) is 0 Å². The van der Waals surface area contributed by atoms with E-state index in [1.807, 2.05) is 31.2 Å². The number of hydrogen-bond donors (Lipinski definition) is 0. The maximum atomic E-state index is 9.51. The Balaban J connectivity index is 2.16. The summed E-state index contributed by atoms with van der Waals surface area (Å²) in [6.07, 6.45) is 4.97. The summed E-state index contributed by atoms with van der Waals surface area (Å²) < 4.78 is 5.53. The average Bonchev–Trinajstić information content (AvgIpc) is 2.70. The second-order valence-electron chi connectivity index (χ2n) is 4.99. The van der Waals surface area contributed by atoms with Crippen LogP contribution in [0, 0.1) is 11.3 Å². The predicted octanol–water partition coefficient (Wildman–Crippen LogP) is 3.53. The van der Waals surface area contributed by atoms with Crippen molar-refractivity contribution >= 4 is 0 Å². The SMILES string of the molecule is CCOc1cccc(C(C#N)N2CCCCCC2)c1. The van der Waals surface area contributed by atoms with E-state index in [1.165, 1.54) is 25.7 Å². The van der Waals surface area contributed by atoms with Crippen molar-refractivity contribution in [1.29, 1.82) is 5.26 Å². The second-order valence-corrected chi connectivity index (χ2v) is 4.99. The van der Waals surface area contributed by atoms with Crippen molar-refractivity contribution in [2.45, 2.75) is 38.6 Å². The molecule has 2 rings (SSSR count). The highest BCUT2D eigenvalue weighted by Gasteiger charge is 2.21. The van der Waals surface area contributed by atoms with Gasteiger partial charge in [0.05, 0.1) is 12.7 Å². The van der Waals surface area contributed by atoms with E-state index in [1.54, 1.807) is 0 Å². The molecule has 1 aliphatic rings. The highest BCUT2D eigenvalue weighted by molar-refractivity contribution is 5.33. The highest BCUT2D eigenvalue weighted by atomic mass is 16.5. The lowest BCUT2D eigenvalue weighted by Crippen LogP contribution is -2.28. The van der Waals surface area contributed by atoms with Gasteiger partial charge in [0.25, 0.3) is 0 Å². The molecule has 0 amide bonds. The van der Waals surface area contributed by atoms with E-state index in [9.17, 15) is 5.26 Å². The molecule has 0 aliphatic carbocycles. The largest absolute Gasteiger partial charge is 0.494 e. The zero-order valence-corrected chi connectivity index (χ0v) is 11.6. The molecule has 19 heavy (non-hydrogen) atoms. The number of hydrogen-bond acceptors (Lipinski definition) is 3. The zero-order valence-electron chi connectivity index (χ0n) is 11.6. The van der Waals surface area contributed by atoms with Crippen LogP contribution in [0.25, 0.3) is 0 Å². The van der Waals surface area contributed by atoms with Gasteiger partial charge >= 0.3 is 0 Å². The monoisotopic (exact) mass is 258 g/mol. The number of benzene rings is 1. The van der Waals surface area contributed by atoms with E-state index in [0.717, 1.165) is 24.4 Å². The second kappa shape index (κ2) is 7.16. The third kappa shape index (κ3) is 3.71. The molecule has 1 saturated heterocycles. The van der Waals surface area contributed by atoms with Crippen molar-refractivity contribution < 1.29 is 4.74 Å². The Bertz CT molecular complexity index is 431. The Kier molecular flexibility index (Phi) is 5.23. The first-order chi connectivity index (χ1) is 9.35. The maximum Gasteiger partial charge on any atom is 0.123 e. The summed E-state index contributed by atoms with van der Waals surface area (Å²) in [5, 5.41) is 9.51. The standard InChI is InChI=1S/C16H22N2O/c1-2-19-15-9-7-8-14(12-15)16(13-17)18-10-5-3-4-6-11-18/h7-9,12,16H,2-6,10-11H2,1H3. The highest BCUT2D eigenvalue weighted by Crippen LogP contribution is 2.26.